The van der Waals surface area contributed by atoms with Crippen LogP contribution in [0.4, 0.5) is 4.79 Å². The molecule has 8 nitrogen and oxygen atoms in total. The Morgan fingerprint density at radius 1 is 1.28 bits per heavy atom. The van der Waals surface area contributed by atoms with Crippen LogP contribution < -0.4 is 10.6 Å². The minimum atomic E-state index is -0.514. The number of allylic oxidation sites excluding steroid dienone is 1. The van der Waals surface area contributed by atoms with Gasteiger partial charge >= 0.3 is 6.03 Å². The maximum atomic E-state index is 11.7. The number of hydrogen-bond donors (Lipinski definition) is 2. The first-order chi connectivity index (χ1) is 12.1. The summed E-state index contributed by atoms with van der Waals surface area (Å²) in [6, 6.07) is -0.514. The number of hydrogen-bond acceptors (Lipinski definition) is 6. The van der Waals surface area contributed by atoms with Gasteiger partial charge in [-0.25, -0.2) is 4.79 Å². The number of imide groups is 1. The van der Waals surface area contributed by atoms with Gasteiger partial charge in [-0.15, -0.1) is 16.8 Å². The molecule has 0 aliphatic carbocycles. The molecule has 0 aromatic carbocycles. The van der Waals surface area contributed by atoms with E-state index in [0.717, 1.165) is 31.9 Å². The van der Waals surface area contributed by atoms with Crippen LogP contribution in [0, 0.1) is 0 Å². The molecule has 2 N–H and O–H groups in total. The Morgan fingerprint density at radius 2 is 2.04 bits per heavy atom. The third-order valence-electron chi connectivity index (χ3n) is 4.02. The zero-order valence-electron chi connectivity index (χ0n) is 14.7. The summed E-state index contributed by atoms with van der Waals surface area (Å²) >= 11 is 1.27. The molecule has 1 aliphatic heterocycles. The number of carbonyl (C=O) groups excluding carboxylic acids is 2. The van der Waals surface area contributed by atoms with Gasteiger partial charge in [-0.2, -0.15) is 0 Å². The third-order valence-corrected chi connectivity index (χ3v) is 4.98. The van der Waals surface area contributed by atoms with Crippen molar-refractivity contribution in [3.8, 4) is 0 Å². The second kappa shape index (κ2) is 10.2. The van der Waals surface area contributed by atoms with Gasteiger partial charge in [0.1, 0.15) is 5.82 Å². The van der Waals surface area contributed by atoms with E-state index < -0.39 is 6.03 Å². The molecule has 1 fully saturated rings. The van der Waals surface area contributed by atoms with Gasteiger partial charge in [-0.1, -0.05) is 24.3 Å². The first kappa shape index (κ1) is 19.5. The number of nitrogens with zero attached hydrogens (tertiary/aromatic N) is 4. The Kier molecular flexibility index (Phi) is 7.93. The van der Waals surface area contributed by atoms with Gasteiger partial charge < -0.3 is 14.8 Å². The van der Waals surface area contributed by atoms with Gasteiger partial charge in [0, 0.05) is 26.6 Å². The quantitative estimate of drug-likeness (QED) is 0.528. The van der Waals surface area contributed by atoms with Crippen molar-refractivity contribution in [1.82, 2.24) is 30.3 Å². The second-order valence-corrected chi connectivity index (χ2v) is 6.81. The van der Waals surface area contributed by atoms with Crippen molar-refractivity contribution in [2.45, 2.75) is 37.4 Å². The van der Waals surface area contributed by atoms with E-state index in [1.54, 1.807) is 6.08 Å². The summed E-state index contributed by atoms with van der Waals surface area (Å²) in [5.41, 5.74) is 0. The minimum Gasteiger partial charge on any atom is -0.341 e. The minimum absolute atomic E-state index is 0.106. The first-order valence-corrected chi connectivity index (χ1v) is 9.52. The summed E-state index contributed by atoms with van der Waals surface area (Å²) in [6.45, 7) is 7.65. The van der Waals surface area contributed by atoms with Crippen LogP contribution >= 0.6 is 11.8 Å². The van der Waals surface area contributed by atoms with Gasteiger partial charge in [-0.3, -0.25) is 10.1 Å². The van der Waals surface area contributed by atoms with Crippen LogP contribution in [0.3, 0.4) is 0 Å². The van der Waals surface area contributed by atoms with E-state index in [0.29, 0.717) is 11.7 Å². The normalized spacial score (nSPS) is 14.9. The molecule has 0 spiro atoms. The number of thioether (sulfide) groups is 1. The molecule has 2 rings (SSSR count). The maximum absolute atomic E-state index is 11.7. The number of carbonyl (C=O) groups is 2. The van der Waals surface area contributed by atoms with E-state index in [9.17, 15) is 9.59 Å². The van der Waals surface area contributed by atoms with E-state index in [4.69, 9.17) is 0 Å². The number of piperidine rings is 1. The zero-order chi connectivity index (χ0) is 18.1. The van der Waals surface area contributed by atoms with E-state index in [1.807, 2.05) is 4.57 Å². The first-order valence-electron chi connectivity index (χ1n) is 8.53. The molecular weight excluding hydrogens is 340 g/mol. The molecule has 1 aromatic heterocycles. The van der Waals surface area contributed by atoms with E-state index in [-0.39, 0.29) is 11.7 Å². The smallest absolute Gasteiger partial charge is 0.321 e. The monoisotopic (exact) mass is 366 g/mol. The maximum Gasteiger partial charge on any atom is 0.321 e. The van der Waals surface area contributed by atoms with Crippen LogP contribution in [0.2, 0.25) is 0 Å². The highest BCUT2D eigenvalue weighted by Gasteiger charge is 2.16. The standard InChI is InChI=1S/C16H26N6O2S/c1-3-8-22-13(7-11-21-9-5-4-6-10-21)19-20-16(22)25-12-14(23)18-15(24)17-2/h3H,1,4-12H2,2H3,(H2,17,18,23,24). The van der Waals surface area contributed by atoms with Crippen LogP contribution in [0.1, 0.15) is 25.1 Å². The molecule has 1 aliphatic rings. The predicted molar refractivity (Wildman–Crippen MR) is 97.5 cm³/mol. The molecule has 1 saturated heterocycles. The molecule has 0 bridgehead atoms. The fourth-order valence-corrected chi connectivity index (χ4v) is 3.49. The Morgan fingerprint density at radius 3 is 2.72 bits per heavy atom. The van der Waals surface area contributed by atoms with Crippen molar-refractivity contribution in [2.24, 2.45) is 0 Å². The highest BCUT2D eigenvalue weighted by Crippen LogP contribution is 2.18. The van der Waals surface area contributed by atoms with Gasteiger partial charge in [0.2, 0.25) is 5.91 Å². The summed E-state index contributed by atoms with van der Waals surface area (Å²) in [5.74, 6) is 0.640. The molecular formula is C16H26N6O2S. The lowest BCUT2D eigenvalue weighted by Gasteiger charge is -2.26. The van der Waals surface area contributed by atoms with Crippen molar-refractivity contribution >= 4 is 23.7 Å². The molecule has 1 aromatic rings. The second-order valence-electron chi connectivity index (χ2n) is 5.87. The number of amides is 3. The molecule has 0 radical (unpaired) electrons. The van der Waals surface area contributed by atoms with Gasteiger partial charge in [-0.05, 0) is 25.9 Å². The Balaban J connectivity index is 1.91. The average molecular weight is 366 g/mol. The van der Waals surface area contributed by atoms with Crippen molar-refractivity contribution in [3.05, 3.63) is 18.5 Å². The lowest BCUT2D eigenvalue weighted by molar-refractivity contribution is -0.117. The number of nitrogens with one attached hydrogen (secondary N) is 2. The van der Waals surface area contributed by atoms with Crippen molar-refractivity contribution in [3.63, 3.8) is 0 Å². The SMILES string of the molecule is C=CCn1c(CCN2CCCCC2)nnc1SCC(=O)NC(=O)NC. The third kappa shape index (κ3) is 6.17. The van der Waals surface area contributed by atoms with E-state index in [2.05, 4.69) is 32.3 Å². The van der Waals surface area contributed by atoms with Gasteiger partial charge in [0.15, 0.2) is 5.16 Å². The highest BCUT2D eigenvalue weighted by molar-refractivity contribution is 7.99. The Labute approximate surface area is 152 Å². The van der Waals surface area contributed by atoms with Gasteiger partial charge in [0.05, 0.1) is 5.75 Å². The van der Waals surface area contributed by atoms with Crippen molar-refractivity contribution in [2.75, 3.05) is 32.4 Å². The summed E-state index contributed by atoms with van der Waals surface area (Å²) in [4.78, 5) is 25.3. The van der Waals surface area contributed by atoms with Crippen LogP contribution in [-0.4, -0.2) is 64.0 Å². The lowest BCUT2D eigenvalue weighted by Crippen LogP contribution is -2.38. The predicted octanol–water partition coefficient (Wildman–Crippen LogP) is 1.04. The molecule has 25 heavy (non-hydrogen) atoms. The zero-order valence-corrected chi connectivity index (χ0v) is 15.5. The topological polar surface area (TPSA) is 92.2 Å². The summed E-state index contributed by atoms with van der Waals surface area (Å²) in [6.07, 6.45) is 6.47. The number of rotatable bonds is 8. The van der Waals surface area contributed by atoms with Crippen molar-refractivity contribution in [1.29, 1.82) is 0 Å². The summed E-state index contributed by atoms with van der Waals surface area (Å²) in [7, 11) is 1.46. The number of likely N-dealkylation sites (tertiary alicyclic amines) is 1. The number of aromatic nitrogens is 3. The lowest BCUT2D eigenvalue weighted by atomic mass is 10.1. The largest absolute Gasteiger partial charge is 0.341 e. The van der Waals surface area contributed by atoms with Crippen LogP contribution in [0.5, 0.6) is 0 Å². The fourth-order valence-electron chi connectivity index (χ4n) is 2.72. The van der Waals surface area contributed by atoms with E-state index in [1.165, 1.54) is 38.1 Å². The number of urea groups is 1. The van der Waals surface area contributed by atoms with E-state index >= 15 is 0 Å². The molecule has 0 unspecified atom stereocenters. The highest BCUT2D eigenvalue weighted by atomic mass is 32.2. The molecule has 3 amide bonds. The van der Waals surface area contributed by atoms with Crippen LogP contribution in [0.15, 0.2) is 17.8 Å². The van der Waals surface area contributed by atoms with Crippen molar-refractivity contribution < 1.29 is 9.59 Å². The molecule has 2 heterocycles. The summed E-state index contributed by atoms with van der Waals surface area (Å²) < 4.78 is 1.98. The van der Waals surface area contributed by atoms with Crippen LogP contribution in [0.25, 0.3) is 0 Å². The van der Waals surface area contributed by atoms with Crippen LogP contribution in [-0.2, 0) is 17.8 Å². The Bertz CT molecular complexity index is 597. The Hall–Kier alpha value is -1.87. The summed E-state index contributed by atoms with van der Waals surface area (Å²) in [5, 5.41) is 13.7. The van der Waals surface area contributed by atoms with Gasteiger partial charge in [0.25, 0.3) is 0 Å². The molecule has 9 heteroatoms. The molecule has 138 valence electrons. The fraction of sp³-hybridized carbons (Fsp3) is 0.625. The molecule has 0 atom stereocenters. The molecule has 0 saturated carbocycles. The average Bonchev–Trinajstić information content (AvgIpc) is 3.01.